The summed E-state index contributed by atoms with van der Waals surface area (Å²) in [4.78, 5) is 18.6. The molecule has 0 spiro atoms. The molecular weight excluding hydrogens is 417 g/mol. The van der Waals surface area contributed by atoms with Gasteiger partial charge in [0.2, 0.25) is 5.91 Å². The quantitative estimate of drug-likeness (QED) is 0.227. The highest BCUT2D eigenvalue weighted by Crippen LogP contribution is 2.10. The van der Waals surface area contributed by atoms with Crippen LogP contribution >= 0.6 is 24.0 Å². The van der Waals surface area contributed by atoms with Gasteiger partial charge in [0.1, 0.15) is 0 Å². The van der Waals surface area contributed by atoms with E-state index in [0.717, 1.165) is 38.4 Å². The lowest BCUT2D eigenvalue weighted by molar-refractivity contribution is -0.123. The molecule has 0 unspecified atom stereocenters. The Hall–Kier alpha value is -0.570. The van der Waals surface area contributed by atoms with Crippen LogP contribution in [0.4, 0.5) is 0 Å². The standard InChI is InChI=1S/C17H35N5O.HI/c1-5-11-22-12-7-15(8-13-22)21-17(18-6-2)20-10-9-19-16(23)14(3)4;/h14-15H,5-13H2,1-4H3,(H,19,23)(H2,18,20,21);1H. The molecule has 6 nitrogen and oxygen atoms in total. The monoisotopic (exact) mass is 453 g/mol. The summed E-state index contributed by atoms with van der Waals surface area (Å²) in [7, 11) is 0. The van der Waals surface area contributed by atoms with E-state index in [2.05, 4.69) is 39.7 Å². The molecule has 1 fully saturated rings. The Balaban J connectivity index is 0.00000529. The number of hydrogen-bond donors (Lipinski definition) is 3. The first-order valence-corrected chi connectivity index (χ1v) is 9.11. The highest BCUT2D eigenvalue weighted by Gasteiger charge is 2.19. The smallest absolute Gasteiger partial charge is 0.222 e. The zero-order valence-electron chi connectivity index (χ0n) is 15.7. The van der Waals surface area contributed by atoms with E-state index in [1.165, 1.54) is 13.0 Å². The lowest BCUT2D eigenvalue weighted by Gasteiger charge is -2.32. The van der Waals surface area contributed by atoms with E-state index in [4.69, 9.17) is 0 Å². The zero-order chi connectivity index (χ0) is 17.1. The van der Waals surface area contributed by atoms with Gasteiger partial charge >= 0.3 is 0 Å². The van der Waals surface area contributed by atoms with E-state index in [1.807, 2.05) is 13.8 Å². The van der Waals surface area contributed by atoms with Crippen LogP contribution in [0.1, 0.15) is 47.0 Å². The molecule has 7 heteroatoms. The Labute approximate surface area is 164 Å². The van der Waals surface area contributed by atoms with E-state index in [1.54, 1.807) is 0 Å². The molecule has 0 saturated carbocycles. The van der Waals surface area contributed by atoms with Gasteiger partial charge in [-0.1, -0.05) is 20.8 Å². The number of rotatable bonds is 8. The lowest BCUT2D eigenvalue weighted by atomic mass is 10.1. The van der Waals surface area contributed by atoms with Crippen LogP contribution in [0.25, 0.3) is 0 Å². The highest BCUT2D eigenvalue weighted by molar-refractivity contribution is 14.0. The number of amides is 1. The fraction of sp³-hybridized carbons (Fsp3) is 0.882. The molecule has 1 amide bonds. The number of piperidine rings is 1. The summed E-state index contributed by atoms with van der Waals surface area (Å²) in [6, 6.07) is 0.492. The van der Waals surface area contributed by atoms with Gasteiger partial charge in [-0.3, -0.25) is 9.79 Å². The second-order valence-electron chi connectivity index (χ2n) is 6.47. The van der Waals surface area contributed by atoms with Crippen molar-refractivity contribution in [3.63, 3.8) is 0 Å². The average Bonchev–Trinajstić information content (AvgIpc) is 2.53. The number of likely N-dealkylation sites (tertiary alicyclic amines) is 1. The van der Waals surface area contributed by atoms with Gasteiger partial charge in [0.05, 0.1) is 6.54 Å². The van der Waals surface area contributed by atoms with Gasteiger partial charge in [0, 0.05) is 38.1 Å². The Kier molecular flexibility index (Phi) is 13.4. The number of guanidine groups is 1. The SMILES string of the molecule is CCCN1CCC(NC(=NCCNC(=O)C(C)C)NCC)CC1.I. The normalized spacial score (nSPS) is 16.6. The van der Waals surface area contributed by atoms with Crippen LogP contribution in [-0.2, 0) is 4.79 Å². The summed E-state index contributed by atoms with van der Waals surface area (Å²) in [5.41, 5.74) is 0. The van der Waals surface area contributed by atoms with Crippen LogP contribution in [0.5, 0.6) is 0 Å². The number of nitrogens with one attached hydrogen (secondary N) is 3. The van der Waals surface area contributed by atoms with Gasteiger partial charge in [0.15, 0.2) is 5.96 Å². The molecule has 0 radical (unpaired) electrons. The number of aliphatic imine (C=N–C) groups is 1. The number of carbonyl (C=O) groups excluding carboxylic acids is 1. The topological polar surface area (TPSA) is 68.8 Å². The number of carbonyl (C=O) groups is 1. The molecule has 0 aromatic rings. The van der Waals surface area contributed by atoms with Gasteiger partial charge in [-0.25, -0.2) is 0 Å². The summed E-state index contributed by atoms with van der Waals surface area (Å²) >= 11 is 0. The molecule has 0 atom stereocenters. The van der Waals surface area contributed by atoms with Crippen molar-refractivity contribution in [3.05, 3.63) is 0 Å². The first kappa shape index (κ1) is 23.4. The van der Waals surface area contributed by atoms with Crippen molar-refractivity contribution in [1.29, 1.82) is 0 Å². The third-order valence-corrected chi connectivity index (χ3v) is 4.02. The van der Waals surface area contributed by atoms with E-state index >= 15 is 0 Å². The average molecular weight is 453 g/mol. The van der Waals surface area contributed by atoms with E-state index in [0.29, 0.717) is 19.1 Å². The summed E-state index contributed by atoms with van der Waals surface area (Å²) in [5.74, 6) is 0.973. The van der Waals surface area contributed by atoms with Crippen LogP contribution in [0.2, 0.25) is 0 Å². The predicted molar refractivity (Wildman–Crippen MR) is 112 cm³/mol. The maximum absolute atomic E-state index is 11.5. The van der Waals surface area contributed by atoms with Crippen molar-refractivity contribution in [2.24, 2.45) is 10.9 Å². The maximum Gasteiger partial charge on any atom is 0.222 e. The molecule has 1 heterocycles. The van der Waals surface area contributed by atoms with Crippen LogP contribution in [0, 0.1) is 5.92 Å². The molecule has 0 aliphatic carbocycles. The summed E-state index contributed by atoms with van der Waals surface area (Å²) < 4.78 is 0. The van der Waals surface area contributed by atoms with Gasteiger partial charge in [-0.15, -0.1) is 24.0 Å². The summed E-state index contributed by atoms with van der Waals surface area (Å²) in [6.45, 7) is 13.7. The molecule has 0 aromatic carbocycles. The largest absolute Gasteiger partial charge is 0.357 e. The Morgan fingerprint density at radius 2 is 1.88 bits per heavy atom. The van der Waals surface area contributed by atoms with Crippen LogP contribution in [0.15, 0.2) is 4.99 Å². The highest BCUT2D eigenvalue weighted by atomic mass is 127. The molecule has 1 aliphatic heterocycles. The number of halogens is 1. The Morgan fingerprint density at radius 1 is 1.21 bits per heavy atom. The molecular formula is C17H36IN5O. The van der Waals surface area contributed by atoms with E-state index in [-0.39, 0.29) is 35.8 Å². The second-order valence-corrected chi connectivity index (χ2v) is 6.47. The van der Waals surface area contributed by atoms with E-state index < -0.39 is 0 Å². The first-order valence-electron chi connectivity index (χ1n) is 9.11. The van der Waals surface area contributed by atoms with Gasteiger partial charge < -0.3 is 20.9 Å². The van der Waals surface area contributed by atoms with Gasteiger partial charge in [0.25, 0.3) is 0 Å². The van der Waals surface area contributed by atoms with Crippen LogP contribution in [0.3, 0.4) is 0 Å². The molecule has 0 bridgehead atoms. The zero-order valence-corrected chi connectivity index (χ0v) is 18.1. The Morgan fingerprint density at radius 3 is 2.42 bits per heavy atom. The molecule has 1 aliphatic rings. The van der Waals surface area contributed by atoms with Crippen LogP contribution < -0.4 is 16.0 Å². The van der Waals surface area contributed by atoms with Crippen LogP contribution in [-0.4, -0.2) is 62.1 Å². The molecule has 142 valence electrons. The fourth-order valence-electron chi connectivity index (χ4n) is 2.68. The number of hydrogen-bond acceptors (Lipinski definition) is 3. The molecule has 24 heavy (non-hydrogen) atoms. The molecule has 3 N–H and O–H groups in total. The maximum atomic E-state index is 11.5. The summed E-state index contributed by atoms with van der Waals surface area (Å²) in [6.07, 6.45) is 3.55. The van der Waals surface area contributed by atoms with Gasteiger partial charge in [-0.05, 0) is 32.7 Å². The lowest BCUT2D eigenvalue weighted by Crippen LogP contribution is -2.49. The van der Waals surface area contributed by atoms with Crippen molar-refractivity contribution in [2.75, 3.05) is 39.3 Å². The van der Waals surface area contributed by atoms with Crippen molar-refractivity contribution in [3.8, 4) is 0 Å². The predicted octanol–water partition coefficient (Wildman–Crippen LogP) is 1.81. The summed E-state index contributed by atoms with van der Waals surface area (Å²) in [5, 5.41) is 9.71. The van der Waals surface area contributed by atoms with E-state index in [9.17, 15) is 4.79 Å². The van der Waals surface area contributed by atoms with Gasteiger partial charge in [-0.2, -0.15) is 0 Å². The van der Waals surface area contributed by atoms with Crippen molar-refractivity contribution in [1.82, 2.24) is 20.9 Å². The minimum Gasteiger partial charge on any atom is -0.357 e. The Bertz CT molecular complexity index is 368. The molecule has 0 aromatic heterocycles. The second kappa shape index (κ2) is 13.7. The number of nitrogens with zero attached hydrogens (tertiary/aromatic N) is 2. The minimum atomic E-state index is 0. The molecule has 1 saturated heterocycles. The van der Waals surface area contributed by atoms with Crippen molar-refractivity contribution < 1.29 is 4.79 Å². The minimum absolute atomic E-state index is 0. The fourth-order valence-corrected chi connectivity index (χ4v) is 2.68. The van der Waals surface area contributed by atoms with Crippen molar-refractivity contribution in [2.45, 2.75) is 53.0 Å². The third kappa shape index (κ3) is 9.66. The van der Waals surface area contributed by atoms with Crippen molar-refractivity contribution >= 4 is 35.8 Å². The molecule has 1 rings (SSSR count). The first-order chi connectivity index (χ1) is 11.1. The third-order valence-electron chi connectivity index (χ3n) is 4.02.